The minimum atomic E-state index is -0.366. The normalized spacial score (nSPS) is 10.3. The third-order valence-electron chi connectivity index (χ3n) is 2.88. The van der Waals surface area contributed by atoms with Crippen LogP contribution in [0.4, 0.5) is 5.69 Å². The van der Waals surface area contributed by atoms with E-state index < -0.39 is 0 Å². The van der Waals surface area contributed by atoms with E-state index in [9.17, 15) is 10.1 Å². The summed E-state index contributed by atoms with van der Waals surface area (Å²) in [7, 11) is 0. The standard InChI is InChI=1S/C15H15NO2/c1-2-4-12-7-9-13(10-8-12)14-5-3-6-15(11-14)16(17)18/h3,5-11H,2,4H2,1H3. The summed E-state index contributed by atoms with van der Waals surface area (Å²) in [5.41, 5.74) is 3.32. The van der Waals surface area contributed by atoms with Crippen molar-refractivity contribution in [3.63, 3.8) is 0 Å². The van der Waals surface area contributed by atoms with Gasteiger partial charge in [0.15, 0.2) is 0 Å². The van der Waals surface area contributed by atoms with Crippen LogP contribution in [-0.2, 0) is 6.42 Å². The summed E-state index contributed by atoms with van der Waals surface area (Å²) in [4.78, 5) is 10.4. The van der Waals surface area contributed by atoms with Crippen LogP contribution in [-0.4, -0.2) is 4.92 Å². The molecule has 0 spiro atoms. The quantitative estimate of drug-likeness (QED) is 0.594. The summed E-state index contributed by atoms with van der Waals surface area (Å²) < 4.78 is 0. The zero-order valence-electron chi connectivity index (χ0n) is 10.3. The first-order chi connectivity index (χ1) is 8.70. The number of rotatable bonds is 4. The SMILES string of the molecule is CCCc1ccc(-c2cccc([N+](=O)[O-])c2)cc1. The lowest BCUT2D eigenvalue weighted by molar-refractivity contribution is -0.384. The highest BCUT2D eigenvalue weighted by molar-refractivity contribution is 5.66. The second-order valence-corrected chi connectivity index (χ2v) is 4.25. The highest BCUT2D eigenvalue weighted by atomic mass is 16.6. The molecule has 0 radical (unpaired) electrons. The lowest BCUT2D eigenvalue weighted by Gasteiger charge is -2.03. The van der Waals surface area contributed by atoms with Gasteiger partial charge in [-0.2, -0.15) is 0 Å². The minimum absolute atomic E-state index is 0.130. The van der Waals surface area contributed by atoms with E-state index in [0.717, 1.165) is 24.0 Å². The van der Waals surface area contributed by atoms with Gasteiger partial charge in [0.2, 0.25) is 0 Å². The summed E-state index contributed by atoms with van der Waals surface area (Å²) >= 11 is 0. The Morgan fingerprint density at radius 2 is 1.78 bits per heavy atom. The van der Waals surface area contributed by atoms with Gasteiger partial charge in [0, 0.05) is 12.1 Å². The fourth-order valence-corrected chi connectivity index (χ4v) is 1.95. The van der Waals surface area contributed by atoms with Crippen molar-refractivity contribution in [1.82, 2.24) is 0 Å². The summed E-state index contributed by atoms with van der Waals surface area (Å²) in [6, 6.07) is 14.9. The van der Waals surface area contributed by atoms with Crippen LogP contribution >= 0.6 is 0 Å². The Morgan fingerprint density at radius 3 is 2.39 bits per heavy atom. The van der Waals surface area contributed by atoms with Gasteiger partial charge in [0.05, 0.1) is 4.92 Å². The maximum Gasteiger partial charge on any atom is 0.270 e. The van der Waals surface area contributed by atoms with Crippen molar-refractivity contribution in [3.05, 3.63) is 64.2 Å². The molecule has 2 aromatic rings. The van der Waals surface area contributed by atoms with Gasteiger partial charge in [-0.25, -0.2) is 0 Å². The van der Waals surface area contributed by atoms with Gasteiger partial charge in [-0.3, -0.25) is 10.1 Å². The van der Waals surface area contributed by atoms with E-state index >= 15 is 0 Å². The molecule has 0 atom stereocenters. The third kappa shape index (κ3) is 2.74. The summed E-state index contributed by atoms with van der Waals surface area (Å²) in [5.74, 6) is 0. The van der Waals surface area contributed by atoms with E-state index in [1.165, 1.54) is 11.6 Å². The maximum absolute atomic E-state index is 10.7. The first-order valence-corrected chi connectivity index (χ1v) is 6.04. The maximum atomic E-state index is 10.7. The number of nitro benzene ring substituents is 1. The molecular formula is C15H15NO2. The Balaban J connectivity index is 2.30. The molecule has 18 heavy (non-hydrogen) atoms. The van der Waals surface area contributed by atoms with Gasteiger partial charge in [0.25, 0.3) is 5.69 Å². The third-order valence-corrected chi connectivity index (χ3v) is 2.88. The molecule has 0 N–H and O–H groups in total. The van der Waals surface area contributed by atoms with E-state index in [1.54, 1.807) is 12.1 Å². The fraction of sp³-hybridized carbons (Fsp3) is 0.200. The highest BCUT2D eigenvalue weighted by Crippen LogP contribution is 2.24. The summed E-state index contributed by atoms with van der Waals surface area (Å²) in [6.45, 7) is 2.15. The molecule has 0 fully saturated rings. The number of nitro groups is 1. The topological polar surface area (TPSA) is 43.1 Å². The number of hydrogen-bond donors (Lipinski definition) is 0. The average molecular weight is 241 g/mol. The van der Waals surface area contributed by atoms with E-state index in [-0.39, 0.29) is 10.6 Å². The largest absolute Gasteiger partial charge is 0.270 e. The molecule has 0 unspecified atom stereocenters. The van der Waals surface area contributed by atoms with Crippen molar-refractivity contribution in [2.45, 2.75) is 19.8 Å². The Labute approximate surface area is 106 Å². The first kappa shape index (κ1) is 12.3. The van der Waals surface area contributed by atoms with Crippen LogP contribution in [0.25, 0.3) is 11.1 Å². The van der Waals surface area contributed by atoms with E-state index in [1.807, 2.05) is 18.2 Å². The molecule has 92 valence electrons. The molecular weight excluding hydrogens is 226 g/mol. The van der Waals surface area contributed by atoms with Crippen LogP contribution in [0.3, 0.4) is 0 Å². The molecule has 0 aromatic heterocycles. The molecule has 0 aliphatic heterocycles. The number of aryl methyl sites for hydroxylation is 1. The van der Waals surface area contributed by atoms with Crippen LogP contribution in [0.1, 0.15) is 18.9 Å². The molecule has 0 saturated carbocycles. The summed E-state index contributed by atoms with van der Waals surface area (Å²) in [5, 5.41) is 10.7. The van der Waals surface area contributed by atoms with E-state index in [0.29, 0.717) is 0 Å². The smallest absolute Gasteiger partial charge is 0.258 e. The highest BCUT2D eigenvalue weighted by Gasteiger charge is 2.06. The number of nitrogens with zero attached hydrogens (tertiary/aromatic N) is 1. The predicted molar refractivity (Wildman–Crippen MR) is 72.5 cm³/mol. The Hall–Kier alpha value is -2.16. The molecule has 3 heteroatoms. The monoisotopic (exact) mass is 241 g/mol. The molecule has 0 saturated heterocycles. The van der Waals surface area contributed by atoms with Crippen LogP contribution < -0.4 is 0 Å². The van der Waals surface area contributed by atoms with Crippen molar-refractivity contribution in [2.24, 2.45) is 0 Å². The minimum Gasteiger partial charge on any atom is -0.258 e. The van der Waals surface area contributed by atoms with Gasteiger partial charge in [-0.05, 0) is 23.1 Å². The summed E-state index contributed by atoms with van der Waals surface area (Å²) in [6.07, 6.45) is 2.19. The molecule has 0 amide bonds. The second-order valence-electron chi connectivity index (χ2n) is 4.25. The van der Waals surface area contributed by atoms with E-state index in [2.05, 4.69) is 19.1 Å². The lowest BCUT2D eigenvalue weighted by atomic mass is 10.0. The average Bonchev–Trinajstić information content (AvgIpc) is 2.40. The van der Waals surface area contributed by atoms with Crippen LogP contribution in [0.15, 0.2) is 48.5 Å². The number of non-ortho nitro benzene ring substituents is 1. The van der Waals surface area contributed by atoms with Crippen molar-refractivity contribution < 1.29 is 4.92 Å². The van der Waals surface area contributed by atoms with Gasteiger partial charge in [0.1, 0.15) is 0 Å². The molecule has 3 nitrogen and oxygen atoms in total. The first-order valence-electron chi connectivity index (χ1n) is 6.04. The van der Waals surface area contributed by atoms with Crippen molar-refractivity contribution >= 4 is 5.69 Å². The van der Waals surface area contributed by atoms with Crippen LogP contribution in [0.2, 0.25) is 0 Å². The lowest BCUT2D eigenvalue weighted by Crippen LogP contribution is -1.88. The van der Waals surface area contributed by atoms with Gasteiger partial charge >= 0.3 is 0 Å². The molecule has 2 rings (SSSR count). The van der Waals surface area contributed by atoms with Crippen molar-refractivity contribution in [3.8, 4) is 11.1 Å². The Kier molecular flexibility index (Phi) is 3.72. The van der Waals surface area contributed by atoms with E-state index in [4.69, 9.17) is 0 Å². The zero-order valence-corrected chi connectivity index (χ0v) is 10.3. The number of benzene rings is 2. The van der Waals surface area contributed by atoms with Gasteiger partial charge in [-0.15, -0.1) is 0 Å². The Morgan fingerprint density at radius 1 is 1.06 bits per heavy atom. The van der Waals surface area contributed by atoms with Gasteiger partial charge < -0.3 is 0 Å². The number of hydrogen-bond acceptors (Lipinski definition) is 2. The molecule has 0 aliphatic rings. The van der Waals surface area contributed by atoms with Crippen molar-refractivity contribution in [2.75, 3.05) is 0 Å². The van der Waals surface area contributed by atoms with Crippen molar-refractivity contribution in [1.29, 1.82) is 0 Å². The molecule has 0 heterocycles. The second kappa shape index (κ2) is 5.45. The molecule has 0 bridgehead atoms. The fourth-order valence-electron chi connectivity index (χ4n) is 1.95. The zero-order chi connectivity index (χ0) is 13.0. The Bertz CT molecular complexity index is 547. The van der Waals surface area contributed by atoms with Crippen LogP contribution in [0.5, 0.6) is 0 Å². The predicted octanol–water partition coefficient (Wildman–Crippen LogP) is 4.21. The van der Waals surface area contributed by atoms with Gasteiger partial charge in [-0.1, -0.05) is 49.7 Å². The van der Waals surface area contributed by atoms with Crippen LogP contribution in [0, 0.1) is 10.1 Å². The molecule has 0 aliphatic carbocycles. The molecule has 2 aromatic carbocycles.